The van der Waals surface area contributed by atoms with Crippen molar-refractivity contribution in [1.82, 2.24) is 25.2 Å². The first-order chi connectivity index (χ1) is 11.2. The number of rotatable bonds is 3. The molecule has 6 nitrogen and oxygen atoms in total. The first-order valence-corrected chi connectivity index (χ1v) is 8.21. The predicted octanol–water partition coefficient (Wildman–Crippen LogP) is 2.04. The van der Waals surface area contributed by atoms with E-state index in [0.717, 1.165) is 18.5 Å². The summed E-state index contributed by atoms with van der Waals surface area (Å²) in [6.07, 6.45) is 6.24. The maximum Gasteiger partial charge on any atom is 0.276 e. The third-order valence-electron chi connectivity index (χ3n) is 5.05. The number of piperidine rings is 1. The lowest BCUT2D eigenvalue weighted by atomic mass is 9.98. The van der Waals surface area contributed by atoms with E-state index in [0.29, 0.717) is 23.8 Å². The van der Waals surface area contributed by atoms with Crippen LogP contribution in [0.4, 0.5) is 0 Å². The molecule has 2 aromatic rings. The molecule has 0 radical (unpaired) electrons. The molecule has 1 N–H and O–H groups in total. The van der Waals surface area contributed by atoms with Gasteiger partial charge in [0.1, 0.15) is 0 Å². The van der Waals surface area contributed by atoms with Crippen LogP contribution in [0.1, 0.15) is 36.2 Å². The molecule has 3 heterocycles. The van der Waals surface area contributed by atoms with Crippen LogP contribution < -0.4 is 5.32 Å². The molecule has 2 saturated heterocycles. The Hall–Kier alpha value is -1.92. The average Bonchev–Trinajstić information content (AvgIpc) is 3.21. The first-order valence-electron chi connectivity index (χ1n) is 8.21. The van der Waals surface area contributed by atoms with Crippen LogP contribution in [0.3, 0.4) is 0 Å². The van der Waals surface area contributed by atoms with Gasteiger partial charge in [0, 0.05) is 25.2 Å². The van der Waals surface area contributed by atoms with Crippen LogP contribution in [0.15, 0.2) is 36.5 Å². The minimum atomic E-state index is -0.0431. The SMILES string of the molecule is CN(C(=O)c1cn(-c2ccccc2)nn1)C1CC2CCC(C1)N2.Cl. The summed E-state index contributed by atoms with van der Waals surface area (Å²) in [7, 11) is 1.89. The van der Waals surface area contributed by atoms with Gasteiger partial charge < -0.3 is 10.2 Å². The van der Waals surface area contributed by atoms with Crippen LogP contribution in [-0.4, -0.2) is 51.0 Å². The third-order valence-corrected chi connectivity index (χ3v) is 5.05. The Morgan fingerprint density at radius 2 is 1.88 bits per heavy atom. The van der Waals surface area contributed by atoms with E-state index in [1.165, 1.54) is 12.8 Å². The second-order valence-electron chi connectivity index (χ2n) is 6.56. The van der Waals surface area contributed by atoms with E-state index in [1.54, 1.807) is 10.9 Å². The quantitative estimate of drug-likeness (QED) is 0.923. The Morgan fingerprint density at radius 3 is 2.54 bits per heavy atom. The fourth-order valence-corrected chi connectivity index (χ4v) is 3.76. The van der Waals surface area contributed by atoms with Crippen LogP contribution in [-0.2, 0) is 0 Å². The van der Waals surface area contributed by atoms with E-state index in [-0.39, 0.29) is 18.3 Å². The number of amides is 1. The summed E-state index contributed by atoms with van der Waals surface area (Å²) < 4.78 is 1.65. The standard InChI is InChI=1S/C17H21N5O.ClH/c1-21(15-9-12-7-8-13(10-15)18-12)17(23)16-11-22(20-19-16)14-5-3-2-4-6-14;/h2-6,11-13,15,18H,7-10H2,1H3;1H. The van der Waals surface area contributed by atoms with Gasteiger partial charge in [0.15, 0.2) is 5.69 Å². The van der Waals surface area contributed by atoms with Crippen molar-refractivity contribution in [1.29, 1.82) is 0 Å². The summed E-state index contributed by atoms with van der Waals surface area (Å²) in [6.45, 7) is 0. The van der Waals surface area contributed by atoms with E-state index in [4.69, 9.17) is 0 Å². The molecular weight excluding hydrogens is 326 g/mol. The van der Waals surface area contributed by atoms with Crippen molar-refractivity contribution in [3.05, 3.63) is 42.2 Å². The lowest BCUT2D eigenvalue weighted by Crippen LogP contribution is -2.48. The van der Waals surface area contributed by atoms with Gasteiger partial charge in [0.05, 0.1) is 11.9 Å². The molecule has 0 aliphatic carbocycles. The van der Waals surface area contributed by atoms with Crippen molar-refractivity contribution in [3.8, 4) is 5.69 Å². The van der Waals surface area contributed by atoms with Gasteiger partial charge in [-0.2, -0.15) is 0 Å². The van der Waals surface area contributed by atoms with Crippen LogP contribution in [0, 0.1) is 0 Å². The molecule has 2 aliphatic rings. The normalized spacial score (nSPS) is 25.1. The molecule has 0 saturated carbocycles. The highest BCUT2D eigenvalue weighted by molar-refractivity contribution is 5.92. The molecule has 1 aromatic heterocycles. The number of para-hydroxylation sites is 1. The zero-order chi connectivity index (χ0) is 15.8. The van der Waals surface area contributed by atoms with Gasteiger partial charge in [-0.05, 0) is 37.8 Å². The van der Waals surface area contributed by atoms with E-state index < -0.39 is 0 Å². The average molecular weight is 348 g/mol. The minimum absolute atomic E-state index is 0. The Labute approximate surface area is 147 Å². The van der Waals surface area contributed by atoms with E-state index in [2.05, 4.69) is 15.6 Å². The zero-order valence-electron chi connectivity index (χ0n) is 13.6. The van der Waals surface area contributed by atoms with Gasteiger partial charge in [0.2, 0.25) is 0 Å². The third kappa shape index (κ3) is 3.16. The highest BCUT2D eigenvalue weighted by atomic mass is 35.5. The van der Waals surface area contributed by atoms with Crippen LogP contribution in [0.5, 0.6) is 0 Å². The molecule has 1 aromatic carbocycles. The topological polar surface area (TPSA) is 63.1 Å². The van der Waals surface area contributed by atoms with E-state index >= 15 is 0 Å². The minimum Gasteiger partial charge on any atom is -0.337 e. The summed E-state index contributed by atoms with van der Waals surface area (Å²) in [5, 5.41) is 11.8. The second kappa shape index (κ2) is 6.91. The lowest BCUT2D eigenvalue weighted by Gasteiger charge is -2.35. The number of nitrogens with zero attached hydrogens (tertiary/aromatic N) is 4. The maximum atomic E-state index is 12.7. The van der Waals surface area contributed by atoms with Crippen LogP contribution >= 0.6 is 12.4 Å². The number of carbonyl (C=O) groups is 1. The molecule has 128 valence electrons. The first kappa shape index (κ1) is 16.9. The summed E-state index contributed by atoms with van der Waals surface area (Å²) in [5.41, 5.74) is 1.31. The van der Waals surface area contributed by atoms with Crippen LogP contribution in [0.25, 0.3) is 5.69 Å². The molecule has 1 amide bonds. The number of nitrogens with one attached hydrogen (secondary N) is 1. The molecular formula is C17H22ClN5O. The Balaban J connectivity index is 0.00000169. The lowest BCUT2D eigenvalue weighted by molar-refractivity contribution is 0.0675. The number of hydrogen-bond donors (Lipinski definition) is 1. The fourth-order valence-electron chi connectivity index (χ4n) is 3.76. The highest BCUT2D eigenvalue weighted by Gasteiger charge is 2.36. The fraction of sp³-hybridized carbons (Fsp3) is 0.471. The molecule has 7 heteroatoms. The zero-order valence-corrected chi connectivity index (χ0v) is 14.4. The molecule has 0 spiro atoms. The van der Waals surface area contributed by atoms with Crippen molar-refractivity contribution in [3.63, 3.8) is 0 Å². The van der Waals surface area contributed by atoms with Crippen molar-refractivity contribution in [2.24, 2.45) is 0 Å². The summed E-state index contributed by atoms with van der Waals surface area (Å²) in [4.78, 5) is 14.6. The van der Waals surface area contributed by atoms with Gasteiger partial charge >= 0.3 is 0 Å². The Bertz CT molecular complexity index is 692. The summed E-state index contributed by atoms with van der Waals surface area (Å²) in [5.74, 6) is -0.0431. The van der Waals surface area contributed by atoms with Gasteiger partial charge in [-0.3, -0.25) is 4.79 Å². The number of fused-ring (bicyclic) bond motifs is 2. The molecule has 24 heavy (non-hydrogen) atoms. The van der Waals surface area contributed by atoms with Gasteiger partial charge in [-0.1, -0.05) is 23.4 Å². The number of hydrogen-bond acceptors (Lipinski definition) is 4. The van der Waals surface area contributed by atoms with Crippen molar-refractivity contribution in [2.75, 3.05) is 7.05 Å². The number of halogens is 1. The van der Waals surface area contributed by atoms with Crippen molar-refractivity contribution < 1.29 is 4.79 Å². The van der Waals surface area contributed by atoms with E-state index in [9.17, 15) is 4.79 Å². The summed E-state index contributed by atoms with van der Waals surface area (Å²) in [6, 6.07) is 11.1. The van der Waals surface area contributed by atoms with Gasteiger partial charge in [-0.15, -0.1) is 17.5 Å². The second-order valence-corrected chi connectivity index (χ2v) is 6.56. The highest BCUT2D eigenvalue weighted by Crippen LogP contribution is 2.29. The molecule has 2 aliphatic heterocycles. The number of aromatic nitrogens is 3. The Kier molecular flexibility index (Phi) is 4.87. The van der Waals surface area contributed by atoms with Crippen molar-refractivity contribution in [2.45, 2.75) is 43.8 Å². The van der Waals surface area contributed by atoms with E-state index in [1.807, 2.05) is 42.3 Å². The molecule has 2 fully saturated rings. The largest absolute Gasteiger partial charge is 0.337 e. The monoisotopic (exact) mass is 347 g/mol. The smallest absolute Gasteiger partial charge is 0.276 e. The Morgan fingerprint density at radius 1 is 1.21 bits per heavy atom. The van der Waals surface area contributed by atoms with Gasteiger partial charge in [-0.25, -0.2) is 4.68 Å². The van der Waals surface area contributed by atoms with Crippen LogP contribution in [0.2, 0.25) is 0 Å². The molecule has 2 unspecified atom stereocenters. The van der Waals surface area contributed by atoms with Crippen molar-refractivity contribution >= 4 is 18.3 Å². The molecule has 2 bridgehead atoms. The number of benzene rings is 1. The predicted molar refractivity (Wildman–Crippen MR) is 93.7 cm³/mol. The number of carbonyl (C=O) groups excluding carboxylic acids is 1. The molecule has 2 atom stereocenters. The van der Waals surface area contributed by atoms with Gasteiger partial charge in [0.25, 0.3) is 5.91 Å². The maximum absolute atomic E-state index is 12.7. The summed E-state index contributed by atoms with van der Waals surface area (Å²) >= 11 is 0. The molecule has 4 rings (SSSR count).